The molecule has 7 nitrogen and oxygen atoms in total. The van der Waals surface area contributed by atoms with E-state index in [1.807, 2.05) is 23.8 Å². The quantitative estimate of drug-likeness (QED) is 0.734. The number of hydrogen-bond donors (Lipinski definition) is 2. The number of aliphatic hydroxyl groups excluding tert-OH is 1. The van der Waals surface area contributed by atoms with Crippen LogP contribution in [-0.4, -0.2) is 41.0 Å². The summed E-state index contributed by atoms with van der Waals surface area (Å²) in [7, 11) is 3.52. The molecule has 1 aliphatic rings. The van der Waals surface area contributed by atoms with Gasteiger partial charge in [0, 0.05) is 20.6 Å². The van der Waals surface area contributed by atoms with Crippen LogP contribution < -0.4 is 21.0 Å². The molecule has 2 N–H and O–H groups in total. The molecule has 0 aliphatic carbocycles. The van der Waals surface area contributed by atoms with Gasteiger partial charge in [-0.15, -0.1) is 0 Å². The Morgan fingerprint density at radius 1 is 1.29 bits per heavy atom. The average molecular weight is 296 g/mol. The molecule has 21 heavy (non-hydrogen) atoms. The third-order valence-electron chi connectivity index (χ3n) is 4.02. The van der Waals surface area contributed by atoms with Crippen molar-refractivity contribution in [3.05, 3.63) is 20.8 Å². The number of nitrogens with one attached hydrogen (secondary N) is 1. The molecule has 1 aromatic rings. The van der Waals surface area contributed by atoms with Crippen molar-refractivity contribution in [3.8, 4) is 0 Å². The first-order valence-corrected chi connectivity index (χ1v) is 7.43. The Hall–Kier alpha value is -1.76. The standard InChI is InChI=1S/C14H24N4O3/c1-4-10(19)7-5-6-8-18-9-16(2)11-12(20)15-14(21)17(3)13(11)18/h10,19H,4-9H2,1-3H3,(H,15,20,21). The molecular weight excluding hydrogens is 272 g/mol. The Labute approximate surface area is 123 Å². The molecule has 0 aromatic carbocycles. The van der Waals surface area contributed by atoms with Gasteiger partial charge < -0.3 is 14.9 Å². The van der Waals surface area contributed by atoms with E-state index in [9.17, 15) is 14.7 Å². The second kappa shape index (κ2) is 6.34. The van der Waals surface area contributed by atoms with Crippen molar-refractivity contribution in [2.75, 3.05) is 30.1 Å². The van der Waals surface area contributed by atoms with E-state index in [2.05, 4.69) is 4.98 Å². The molecule has 118 valence electrons. The Kier molecular flexibility index (Phi) is 4.72. The van der Waals surface area contributed by atoms with E-state index in [4.69, 9.17) is 0 Å². The summed E-state index contributed by atoms with van der Waals surface area (Å²) >= 11 is 0. The maximum atomic E-state index is 11.9. The van der Waals surface area contributed by atoms with Crippen LogP contribution in [0.25, 0.3) is 0 Å². The van der Waals surface area contributed by atoms with Crippen LogP contribution in [0.3, 0.4) is 0 Å². The van der Waals surface area contributed by atoms with Crippen LogP contribution in [0.2, 0.25) is 0 Å². The van der Waals surface area contributed by atoms with Gasteiger partial charge in [-0.2, -0.15) is 0 Å². The fourth-order valence-electron chi connectivity index (χ4n) is 2.76. The van der Waals surface area contributed by atoms with Gasteiger partial charge in [-0.05, 0) is 25.7 Å². The molecule has 0 saturated carbocycles. The molecule has 0 amide bonds. The zero-order valence-electron chi connectivity index (χ0n) is 12.9. The van der Waals surface area contributed by atoms with Gasteiger partial charge in [0.15, 0.2) is 0 Å². The molecule has 0 bridgehead atoms. The van der Waals surface area contributed by atoms with E-state index < -0.39 is 0 Å². The first-order valence-electron chi connectivity index (χ1n) is 7.43. The Bertz CT molecular complexity index is 607. The average Bonchev–Trinajstić information content (AvgIpc) is 2.78. The highest BCUT2D eigenvalue weighted by Gasteiger charge is 2.28. The minimum absolute atomic E-state index is 0.231. The van der Waals surface area contributed by atoms with Crippen LogP contribution in [-0.2, 0) is 7.05 Å². The number of aliphatic hydroxyl groups is 1. The summed E-state index contributed by atoms with van der Waals surface area (Å²) < 4.78 is 1.49. The second-order valence-corrected chi connectivity index (χ2v) is 5.65. The van der Waals surface area contributed by atoms with Gasteiger partial charge >= 0.3 is 5.69 Å². The number of aromatic nitrogens is 2. The molecule has 2 rings (SSSR count). The Morgan fingerprint density at radius 2 is 2.00 bits per heavy atom. The third kappa shape index (κ3) is 3.12. The monoisotopic (exact) mass is 296 g/mol. The number of H-pyrrole nitrogens is 1. The summed E-state index contributed by atoms with van der Waals surface area (Å²) in [6, 6.07) is 0. The zero-order valence-corrected chi connectivity index (χ0v) is 12.9. The highest BCUT2D eigenvalue weighted by molar-refractivity contribution is 5.71. The molecule has 1 aliphatic heterocycles. The minimum Gasteiger partial charge on any atom is -0.393 e. The van der Waals surface area contributed by atoms with Crippen LogP contribution in [0.1, 0.15) is 32.6 Å². The van der Waals surface area contributed by atoms with E-state index in [0.717, 1.165) is 32.2 Å². The largest absolute Gasteiger partial charge is 0.393 e. The van der Waals surface area contributed by atoms with Crippen molar-refractivity contribution in [3.63, 3.8) is 0 Å². The molecule has 2 heterocycles. The normalized spacial score (nSPS) is 15.4. The number of anilines is 2. The number of nitrogens with zero attached hydrogens (tertiary/aromatic N) is 3. The molecule has 0 saturated heterocycles. The van der Waals surface area contributed by atoms with E-state index in [-0.39, 0.29) is 17.4 Å². The van der Waals surface area contributed by atoms with E-state index in [1.165, 1.54) is 4.57 Å². The lowest BCUT2D eigenvalue weighted by Gasteiger charge is -2.20. The summed E-state index contributed by atoms with van der Waals surface area (Å²) in [6.45, 7) is 3.34. The lowest BCUT2D eigenvalue weighted by molar-refractivity contribution is 0.157. The number of aromatic amines is 1. The van der Waals surface area contributed by atoms with Gasteiger partial charge in [0.25, 0.3) is 5.56 Å². The molecule has 0 spiro atoms. The van der Waals surface area contributed by atoms with Crippen LogP contribution in [0.5, 0.6) is 0 Å². The predicted molar refractivity (Wildman–Crippen MR) is 83.1 cm³/mol. The Balaban J connectivity index is 2.09. The van der Waals surface area contributed by atoms with E-state index >= 15 is 0 Å². The van der Waals surface area contributed by atoms with Crippen molar-refractivity contribution in [2.45, 2.75) is 38.7 Å². The highest BCUT2D eigenvalue weighted by Crippen LogP contribution is 2.29. The number of fused-ring (bicyclic) bond motifs is 1. The summed E-state index contributed by atoms with van der Waals surface area (Å²) in [5.41, 5.74) is -0.175. The highest BCUT2D eigenvalue weighted by atomic mass is 16.3. The summed E-state index contributed by atoms with van der Waals surface area (Å²) in [4.78, 5) is 29.9. The third-order valence-corrected chi connectivity index (χ3v) is 4.02. The predicted octanol–water partition coefficient (Wildman–Crippen LogP) is 0.229. The zero-order chi connectivity index (χ0) is 15.6. The maximum absolute atomic E-state index is 11.9. The van der Waals surface area contributed by atoms with Crippen LogP contribution in [0, 0.1) is 0 Å². The first kappa shape index (κ1) is 15.6. The number of unbranched alkanes of at least 4 members (excludes halogenated alkanes) is 1. The van der Waals surface area contributed by atoms with Gasteiger partial charge in [0.1, 0.15) is 11.5 Å². The SMILES string of the molecule is CCC(O)CCCCN1CN(C)c2c1n(C)c(=O)[nH]c2=O. The molecular formula is C14H24N4O3. The Morgan fingerprint density at radius 3 is 2.67 bits per heavy atom. The van der Waals surface area contributed by atoms with Gasteiger partial charge in [-0.25, -0.2) is 4.79 Å². The second-order valence-electron chi connectivity index (χ2n) is 5.65. The molecule has 0 radical (unpaired) electrons. The van der Waals surface area contributed by atoms with Crippen molar-refractivity contribution < 1.29 is 5.11 Å². The van der Waals surface area contributed by atoms with Crippen LogP contribution in [0.4, 0.5) is 11.5 Å². The van der Waals surface area contributed by atoms with Crippen molar-refractivity contribution in [1.82, 2.24) is 9.55 Å². The lowest BCUT2D eigenvalue weighted by atomic mass is 10.1. The summed E-state index contributed by atoms with van der Waals surface area (Å²) in [5, 5.41) is 9.55. The lowest BCUT2D eigenvalue weighted by Crippen LogP contribution is -2.32. The molecule has 7 heteroatoms. The van der Waals surface area contributed by atoms with E-state index in [0.29, 0.717) is 18.2 Å². The van der Waals surface area contributed by atoms with Crippen molar-refractivity contribution in [1.29, 1.82) is 0 Å². The van der Waals surface area contributed by atoms with E-state index in [1.54, 1.807) is 7.05 Å². The van der Waals surface area contributed by atoms with Gasteiger partial charge in [-0.3, -0.25) is 14.3 Å². The molecule has 1 aromatic heterocycles. The number of hydrogen-bond acceptors (Lipinski definition) is 5. The van der Waals surface area contributed by atoms with Crippen LogP contribution in [0.15, 0.2) is 9.59 Å². The maximum Gasteiger partial charge on any atom is 0.329 e. The minimum atomic E-state index is -0.388. The van der Waals surface area contributed by atoms with Gasteiger partial charge in [0.2, 0.25) is 0 Å². The van der Waals surface area contributed by atoms with Crippen molar-refractivity contribution >= 4 is 11.5 Å². The van der Waals surface area contributed by atoms with Crippen LogP contribution >= 0.6 is 0 Å². The molecule has 0 fully saturated rings. The summed E-state index contributed by atoms with van der Waals surface area (Å²) in [5.74, 6) is 0.683. The molecule has 1 unspecified atom stereocenters. The topological polar surface area (TPSA) is 81.6 Å². The van der Waals surface area contributed by atoms with Gasteiger partial charge in [-0.1, -0.05) is 6.92 Å². The number of rotatable bonds is 6. The smallest absolute Gasteiger partial charge is 0.329 e. The molecule has 1 atom stereocenters. The van der Waals surface area contributed by atoms with Crippen molar-refractivity contribution in [2.24, 2.45) is 7.05 Å². The van der Waals surface area contributed by atoms with Gasteiger partial charge in [0.05, 0.1) is 12.8 Å². The summed E-state index contributed by atoms with van der Waals surface area (Å²) in [6.07, 6.45) is 3.19. The fourth-order valence-corrected chi connectivity index (χ4v) is 2.76. The first-order chi connectivity index (χ1) is 9.95. The fraction of sp³-hybridized carbons (Fsp3) is 0.714.